The van der Waals surface area contributed by atoms with E-state index in [1.165, 1.54) is 0 Å². The average molecular weight is 264 g/mol. The molecule has 4 N–H and O–H groups in total. The van der Waals surface area contributed by atoms with Crippen molar-refractivity contribution in [3.05, 3.63) is 23.8 Å². The summed E-state index contributed by atoms with van der Waals surface area (Å²) in [4.78, 5) is 10.8. The van der Waals surface area contributed by atoms with Crippen LogP contribution in [0.4, 0.5) is 0 Å². The van der Waals surface area contributed by atoms with Crippen molar-refractivity contribution in [1.82, 2.24) is 0 Å². The Morgan fingerprint density at radius 2 is 2.26 bits per heavy atom. The lowest BCUT2D eigenvalue weighted by molar-refractivity contribution is -0.119. The maximum absolute atomic E-state index is 10.8. The molecule has 1 amide bonds. The third-order valence-corrected chi connectivity index (χ3v) is 3.11. The second-order valence-corrected chi connectivity index (χ2v) is 5.43. The summed E-state index contributed by atoms with van der Waals surface area (Å²) in [5.74, 6) is 0.971. The summed E-state index contributed by atoms with van der Waals surface area (Å²) in [5, 5.41) is 0. The highest BCUT2D eigenvalue weighted by atomic mass is 16.5. The number of rotatable bonds is 5. The summed E-state index contributed by atoms with van der Waals surface area (Å²) in [6.45, 7) is 4.42. The quantitative estimate of drug-likeness (QED) is 0.830. The van der Waals surface area contributed by atoms with Gasteiger partial charge in [0.05, 0.1) is 12.6 Å². The van der Waals surface area contributed by atoms with Crippen molar-refractivity contribution < 1.29 is 14.3 Å². The first-order chi connectivity index (χ1) is 8.89. The summed E-state index contributed by atoms with van der Waals surface area (Å²) in [6, 6.07) is 5.16. The summed E-state index contributed by atoms with van der Waals surface area (Å²) in [5.41, 5.74) is 11.6. The molecular weight excluding hydrogens is 244 g/mol. The van der Waals surface area contributed by atoms with E-state index in [0.717, 1.165) is 17.7 Å². The zero-order chi connectivity index (χ0) is 14.0. The van der Waals surface area contributed by atoms with E-state index < -0.39 is 11.9 Å². The molecular formula is C14H20N2O3. The lowest BCUT2D eigenvalue weighted by atomic mass is 10.0. The summed E-state index contributed by atoms with van der Waals surface area (Å²) >= 11 is 0. The van der Waals surface area contributed by atoms with E-state index >= 15 is 0 Å². The Bertz CT molecular complexity index is 486. The maximum Gasteiger partial charge on any atom is 0.234 e. The molecule has 0 bridgehead atoms. The van der Waals surface area contributed by atoms with Crippen LogP contribution in [0.1, 0.15) is 25.8 Å². The zero-order valence-corrected chi connectivity index (χ0v) is 11.3. The van der Waals surface area contributed by atoms with E-state index in [-0.39, 0.29) is 5.60 Å². The molecule has 1 atom stereocenters. The van der Waals surface area contributed by atoms with Crippen LogP contribution in [0, 0.1) is 0 Å². The van der Waals surface area contributed by atoms with Gasteiger partial charge in [-0.1, -0.05) is 12.1 Å². The molecule has 1 unspecified atom stereocenters. The van der Waals surface area contributed by atoms with Crippen LogP contribution in [0.15, 0.2) is 18.2 Å². The van der Waals surface area contributed by atoms with Gasteiger partial charge in [0.1, 0.15) is 5.60 Å². The number of ether oxygens (including phenoxy) is 2. The van der Waals surface area contributed by atoms with Gasteiger partial charge >= 0.3 is 0 Å². The van der Waals surface area contributed by atoms with Crippen molar-refractivity contribution >= 4 is 5.91 Å². The van der Waals surface area contributed by atoms with Gasteiger partial charge < -0.3 is 20.9 Å². The SMILES string of the molecule is CC1(C)Cc2cccc(OCCC(N)C(N)=O)c2O1. The summed E-state index contributed by atoms with van der Waals surface area (Å²) in [6.07, 6.45) is 1.25. The topological polar surface area (TPSA) is 87.6 Å². The second kappa shape index (κ2) is 5.09. The number of hydrogen-bond donors (Lipinski definition) is 2. The third kappa shape index (κ3) is 3.17. The minimum atomic E-state index is -0.672. The number of nitrogens with two attached hydrogens (primary N) is 2. The predicted octanol–water partition coefficient (Wildman–Crippen LogP) is 0.982. The van der Waals surface area contributed by atoms with Crippen molar-refractivity contribution in [1.29, 1.82) is 0 Å². The molecule has 5 nitrogen and oxygen atoms in total. The van der Waals surface area contributed by atoms with E-state index in [1.54, 1.807) is 0 Å². The highest BCUT2D eigenvalue weighted by Gasteiger charge is 2.32. The van der Waals surface area contributed by atoms with Crippen molar-refractivity contribution in [3.8, 4) is 11.5 Å². The number of para-hydroxylation sites is 1. The largest absolute Gasteiger partial charge is 0.490 e. The standard InChI is InChI=1S/C14H20N2O3/c1-14(2)8-9-4-3-5-11(12(9)19-14)18-7-6-10(15)13(16)17/h3-5,10H,6-8,15H2,1-2H3,(H2,16,17). The van der Waals surface area contributed by atoms with Crippen LogP contribution in [0.25, 0.3) is 0 Å². The maximum atomic E-state index is 10.8. The second-order valence-electron chi connectivity index (χ2n) is 5.43. The first-order valence-electron chi connectivity index (χ1n) is 6.38. The van der Waals surface area contributed by atoms with Gasteiger partial charge in [-0.2, -0.15) is 0 Å². The van der Waals surface area contributed by atoms with E-state index in [4.69, 9.17) is 20.9 Å². The Morgan fingerprint density at radius 1 is 1.53 bits per heavy atom. The molecule has 0 saturated carbocycles. The predicted molar refractivity (Wildman–Crippen MR) is 72.1 cm³/mol. The molecule has 0 saturated heterocycles. The molecule has 0 spiro atoms. The van der Waals surface area contributed by atoms with Crippen molar-refractivity contribution in [2.75, 3.05) is 6.61 Å². The van der Waals surface area contributed by atoms with Gasteiger partial charge in [-0.15, -0.1) is 0 Å². The number of carbonyl (C=O) groups is 1. The molecule has 1 aliphatic heterocycles. The number of benzene rings is 1. The van der Waals surface area contributed by atoms with Gasteiger partial charge in [-0.25, -0.2) is 0 Å². The smallest absolute Gasteiger partial charge is 0.234 e. The van der Waals surface area contributed by atoms with Crippen LogP contribution in [0.3, 0.4) is 0 Å². The molecule has 19 heavy (non-hydrogen) atoms. The third-order valence-electron chi connectivity index (χ3n) is 3.11. The first kappa shape index (κ1) is 13.7. The molecule has 1 heterocycles. The first-order valence-corrected chi connectivity index (χ1v) is 6.38. The molecule has 0 aliphatic carbocycles. The van der Waals surface area contributed by atoms with Crippen LogP contribution in [-0.4, -0.2) is 24.2 Å². The van der Waals surface area contributed by atoms with Gasteiger partial charge in [-0.3, -0.25) is 4.79 Å². The lowest BCUT2D eigenvalue weighted by Gasteiger charge is -2.18. The monoisotopic (exact) mass is 264 g/mol. The molecule has 0 aromatic heterocycles. The van der Waals surface area contributed by atoms with Gasteiger partial charge in [0.25, 0.3) is 0 Å². The minimum Gasteiger partial charge on any atom is -0.490 e. The van der Waals surface area contributed by atoms with E-state index in [1.807, 2.05) is 32.0 Å². The Balaban J connectivity index is 2.00. The van der Waals surface area contributed by atoms with Crippen LogP contribution < -0.4 is 20.9 Å². The number of primary amides is 1. The van der Waals surface area contributed by atoms with Crippen LogP contribution in [0.2, 0.25) is 0 Å². The molecule has 104 valence electrons. The highest BCUT2D eigenvalue weighted by molar-refractivity contribution is 5.79. The highest BCUT2D eigenvalue weighted by Crippen LogP contribution is 2.41. The number of fused-ring (bicyclic) bond motifs is 1. The Morgan fingerprint density at radius 3 is 2.95 bits per heavy atom. The number of amides is 1. The average Bonchev–Trinajstić information content (AvgIpc) is 2.63. The molecule has 1 aliphatic rings. The van der Waals surface area contributed by atoms with Crippen LogP contribution in [0.5, 0.6) is 11.5 Å². The molecule has 0 fully saturated rings. The zero-order valence-electron chi connectivity index (χ0n) is 11.3. The molecule has 1 aromatic carbocycles. The van der Waals surface area contributed by atoms with E-state index in [2.05, 4.69) is 0 Å². The minimum absolute atomic E-state index is 0.203. The van der Waals surface area contributed by atoms with E-state index in [0.29, 0.717) is 18.8 Å². The number of hydrogen-bond acceptors (Lipinski definition) is 4. The lowest BCUT2D eigenvalue weighted by Crippen LogP contribution is -2.37. The van der Waals surface area contributed by atoms with Crippen molar-refractivity contribution in [2.24, 2.45) is 11.5 Å². The molecule has 1 aromatic rings. The van der Waals surface area contributed by atoms with Crippen LogP contribution >= 0.6 is 0 Å². The summed E-state index contributed by atoms with van der Waals surface area (Å²) < 4.78 is 11.5. The van der Waals surface area contributed by atoms with Gasteiger partial charge in [-0.05, 0) is 19.9 Å². The Labute approximate surface area is 112 Å². The summed E-state index contributed by atoms with van der Waals surface area (Å²) in [7, 11) is 0. The normalized spacial score (nSPS) is 17.4. The van der Waals surface area contributed by atoms with Gasteiger partial charge in [0.15, 0.2) is 11.5 Å². The molecule has 2 rings (SSSR count). The van der Waals surface area contributed by atoms with Crippen molar-refractivity contribution in [3.63, 3.8) is 0 Å². The van der Waals surface area contributed by atoms with Crippen LogP contribution in [-0.2, 0) is 11.2 Å². The van der Waals surface area contributed by atoms with Gasteiger partial charge in [0, 0.05) is 18.4 Å². The van der Waals surface area contributed by atoms with Crippen molar-refractivity contribution in [2.45, 2.75) is 38.3 Å². The fourth-order valence-corrected chi connectivity index (χ4v) is 2.14. The molecule has 5 heteroatoms. The van der Waals surface area contributed by atoms with E-state index in [9.17, 15) is 4.79 Å². The molecule has 0 radical (unpaired) electrons. The Hall–Kier alpha value is -1.75. The van der Waals surface area contributed by atoms with Gasteiger partial charge in [0.2, 0.25) is 5.91 Å². The number of carbonyl (C=O) groups excluding carboxylic acids is 1. The fourth-order valence-electron chi connectivity index (χ4n) is 2.14. The fraction of sp³-hybridized carbons (Fsp3) is 0.500. The Kier molecular flexibility index (Phi) is 3.66.